The normalized spacial score (nSPS) is 19.1. The lowest BCUT2D eigenvalue weighted by Gasteiger charge is -2.23. The van der Waals surface area contributed by atoms with Crippen LogP contribution >= 0.6 is 28.3 Å². The van der Waals surface area contributed by atoms with Crippen molar-refractivity contribution in [1.29, 1.82) is 0 Å². The zero-order valence-corrected chi connectivity index (χ0v) is 13.8. The predicted molar refractivity (Wildman–Crippen MR) is 85.1 cm³/mol. The van der Waals surface area contributed by atoms with Gasteiger partial charge in [-0.3, -0.25) is 4.90 Å². The van der Waals surface area contributed by atoms with E-state index in [0.29, 0.717) is 13.2 Å². The van der Waals surface area contributed by atoms with E-state index in [4.69, 9.17) is 9.47 Å². The second kappa shape index (κ2) is 7.50. The molecule has 1 aromatic carbocycles. The second-order valence-electron chi connectivity index (χ2n) is 4.97. The van der Waals surface area contributed by atoms with Crippen molar-refractivity contribution in [2.24, 2.45) is 0 Å². The molecule has 0 amide bonds. The van der Waals surface area contributed by atoms with Gasteiger partial charge in [0.05, 0.1) is 0 Å². The molecule has 0 aliphatic carbocycles. The highest BCUT2D eigenvalue weighted by Gasteiger charge is 2.17. The molecule has 2 aliphatic rings. The molecule has 2 heterocycles. The van der Waals surface area contributed by atoms with E-state index >= 15 is 0 Å². The number of benzene rings is 1. The van der Waals surface area contributed by atoms with E-state index in [1.807, 2.05) is 6.07 Å². The van der Waals surface area contributed by atoms with E-state index in [1.54, 1.807) is 0 Å². The molecule has 112 valence electrons. The number of halogens is 2. The Morgan fingerprint density at radius 2 is 1.85 bits per heavy atom. The smallest absolute Gasteiger partial charge is 0.162 e. The molecule has 0 saturated carbocycles. The molecule has 2 aliphatic heterocycles. The van der Waals surface area contributed by atoms with E-state index in [1.165, 1.54) is 12.0 Å². The van der Waals surface area contributed by atoms with Crippen LogP contribution in [0.4, 0.5) is 0 Å². The molecule has 0 atom stereocenters. The van der Waals surface area contributed by atoms with E-state index in [-0.39, 0.29) is 12.4 Å². The maximum absolute atomic E-state index is 5.66. The fourth-order valence-electron chi connectivity index (χ4n) is 2.53. The molecule has 20 heavy (non-hydrogen) atoms. The fourth-order valence-corrected chi connectivity index (χ4v) is 2.98. The number of fused-ring (bicyclic) bond motifs is 1. The minimum Gasteiger partial charge on any atom is -0.486 e. The van der Waals surface area contributed by atoms with Gasteiger partial charge in [0.25, 0.3) is 0 Å². The van der Waals surface area contributed by atoms with Crippen molar-refractivity contribution in [3.63, 3.8) is 0 Å². The van der Waals surface area contributed by atoms with Crippen LogP contribution in [-0.2, 0) is 6.54 Å². The fraction of sp³-hybridized carbons (Fsp3) is 0.571. The highest BCUT2D eigenvalue weighted by Crippen LogP contribution is 2.36. The Kier molecular flexibility index (Phi) is 5.96. The number of hydrogen-bond donors (Lipinski definition) is 1. The summed E-state index contributed by atoms with van der Waals surface area (Å²) in [5.41, 5.74) is 1.27. The molecule has 4 nitrogen and oxygen atoms in total. The third kappa shape index (κ3) is 3.79. The first-order valence-electron chi connectivity index (χ1n) is 6.84. The van der Waals surface area contributed by atoms with Crippen LogP contribution in [0.3, 0.4) is 0 Å². The molecule has 1 aromatic rings. The lowest BCUT2D eigenvalue weighted by atomic mass is 10.1. The van der Waals surface area contributed by atoms with Gasteiger partial charge in [-0.05, 0) is 37.2 Å². The third-order valence-corrected chi connectivity index (χ3v) is 4.28. The van der Waals surface area contributed by atoms with E-state index in [9.17, 15) is 0 Å². The average Bonchev–Trinajstić information content (AvgIpc) is 2.68. The molecule has 0 unspecified atom stereocenters. The van der Waals surface area contributed by atoms with Crippen LogP contribution in [0.5, 0.6) is 11.5 Å². The second-order valence-corrected chi connectivity index (χ2v) is 5.82. The van der Waals surface area contributed by atoms with Crippen LogP contribution in [0.1, 0.15) is 12.0 Å². The molecule has 0 spiro atoms. The Morgan fingerprint density at radius 1 is 1.10 bits per heavy atom. The molecular weight excluding hydrogens is 344 g/mol. The van der Waals surface area contributed by atoms with Crippen molar-refractivity contribution >= 4 is 28.3 Å². The Bertz CT molecular complexity index is 451. The number of nitrogens with zero attached hydrogens (tertiary/aromatic N) is 1. The summed E-state index contributed by atoms with van der Waals surface area (Å²) in [5, 5.41) is 3.43. The van der Waals surface area contributed by atoms with Crippen molar-refractivity contribution in [1.82, 2.24) is 10.2 Å². The van der Waals surface area contributed by atoms with Crippen molar-refractivity contribution in [2.75, 3.05) is 39.4 Å². The topological polar surface area (TPSA) is 33.7 Å². The van der Waals surface area contributed by atoms with E-state index in [2.05, 4.69) is 32.2 Å². The van der Waals surface area contributed by atoms with Gasteiger partial charge in [-0.25, -0.2) is 0 Å². The summed E-state index contributed by atoms with van der Waals surface area (Å²) >= 11 is 3.64. The summed E-state index contributed by atoms with van der Waals surface area (Å²) in [5.74, 6) is 1.72. The van der Waals surface area contributed by atoms with Gasteiger partial charge < -0.3 is 14.8 Å². The molecular formula is C14H20BrClN2O2. The highest BCUT2D eigenvalue weighted by atomic mass is 79.9. The first-order valence-corrected chi connectivity index (χ1v) is 7.63. The molecule has 0 aromatic heterocycles. The van der Waals surface area contributed by atoms with E-state index < -0.39 is 0 Å². The molecule has 1 N–H and O–H groups in total. The third-order valence-electron chi connectivity index (χ3n) is 3.54. The summed E-state index contributed by atoms with van der Waals surface area (Å²) in [6.45, 7) is 6.67. The van der Waals surface area contributed by atoms with Gasteiger partial charge in [-0.15, -0.1) is 12.4 Å². The summed E-state index contributed by atoms with van der Waals surface area (Å²) in [4.78, 5) is 2.48. The van der Waals surface area contributed by atoms with Crippen LogP contribution in [0, 0.1) is 0 Å². The number of hydrogen-bond acceptors (Lipinski definition) is 4. The Balaban J connectivity index is 0.00000147. The molecule has 1 fully saturated rings. The van der Waals surface area contributed by atoms with Crippen molar-refractivity contribution < 1.29 is 9.47 Å². The van der Waals surface area contributed by atoms with Crippen LogP contribution in [0.25, 0.3) is 0 Å². The summed E-state index contributed by atoms with van der Waals surface area (Å²) < 4.78 is 12.4. The number of rotatable bonds is 2. The summed E-state index contributed by atoms with van der Waals surface area (Å²) in [6.07, 6.45) is 1.21. The first kappa shape index (κ1) is 15.9. The minimum atomic E-state index is 0. The van der Waals surface area contributed by atoms with Gasteiger partial charge in [-0.2, -0.15) is 0 Å². The van der Waals surface area contributed by atoms with Crippen LogP contribution in [0.2, 0.25) is 0 Å². The quantitative estimate of drug-likeness (QED) is 0.875. The predicted octanol–water partition coefficient (Wildman–Crippen LogP) is 2.44. The minimum absolute atomic E-state index is 0. The lowest BCUT2D eigenvalue weighted by molar-refractivity contribution is 0.171. The van der Waals surface area contributed by atoms with Gasteiger partial charge in [0.15, 0.2) is 11.5 Å². The standard InChI is InChI=1S/C14H19BrN2O2.ClH/c15-12-9-14-13(18-6-7-19-14)8-11(12)10-17-4-1-2-16-3-5-17;/h8-9,16H,1-7,10H2;1H. The zero-order valence-electron chi connectivity index (χ0n) is 11.4. The van der Waals surface area contributed by atoms with Gasteiger partial charge in [0, 0.05) is 24.1 Å². The van der Waals surface area contributed by atoms with Crippen molar-refractivity contribution in [3.05, 3.63) is 22.2 Å². The maximum Gasteiger partial charge on any atom is 0.162 e. The monoisotopic (exact) mass is 362 g/mol. The number of ether oxygens (including phenoxy) is 2. The highest BCUT2D eigenvalue weighted by molar-refractivity contribution is 9.10. The van der Waals surface area contributed by atoms with Gasteiger partial charge >= 0.3 is 0 Å². The lowest BCUT2D eigenvalue weighted by Crippen LogP contribution is -2.28. The average molecular weight is 364 g/mol. The Morgan fingerprint density at radius 3 is 2.65 bits per heavy atom. The molecule has 0 bridgehead atoms. The van der Waals surface area contributed by atoms with Crippen molar-refractivity contribution in [2.45, 2.75) is 13.0 Å². The van der Waals surface area contributed by atoms with Gasteiger partial charge in [-0.1, -0.05) is 15.9 Å². The molecule has 0 radical (unpaired) electrons. The van der Waals surface area contributed by atoms with Crippen molar-refractivity contribution in [3.8, 4) is 11.5 Å². The van der Waals surface area contributed by atoms with Crippen LogP contribution in [-0.4, -0.2) is 44.3 Å². The molecule has 1 saturated heterocycles. The SMILES string of the molecule is Brc1cc2c(cc1CN1CCCNCC1)OCCO2.Cl. The van der Waals surface area contributed by atoms with Crippen LogP contribution in [0.15, 0.2) is 16.6 Å². The van der Waals surface area contributed by atoms with Gasteiger partial charge in [0.1, 0.15) is 13.2 Å². The Hall–Kier alpha value is -0.490. The molecule has 3 rings (SSSR count). The van der Waals surface area contributed by atoms with Crippen LogP contribution < -0.4 is 14.8 Å². The van der Waals surface area contributed by atoms with Gasteiger partial charge in [0.2, 0.25) is 0 Å². The first-order chi connectivity index (χ1) is 9.33. The summed E-state index contributed by atoms with van der Waals surface area (Å²) in [7, 11) is 0. The number of nitrogens with one attached hydrogen (secondary N) is 1. The zero-order chi connectivity index (χ0) is 13.1. The largest absolute Gasteiger partial charge is 0.486 e. The van der Waals surface area contributed by atoms with E-state index in [0.717, 1.165) is 48.7 Å². The molecule has 6 heteroatoms. The maximum atomic E-state index is 5.66. The summed E-state index contributed by atoms with van der Waals surface area (Å²) in [6, 6.07) is 4.14. The Labute approximate surface area is 134 Å².